The number of hydrogen-bond acceptors (Lipinski definition) is 7. The van der Waals surface area contributed by atoms with Crippen molar-refractivity contribution in [2.75, 3.05) is 24.5 Å². The van der Waals surface area contributed by atoms with E-state index in [-0.39, 0.29) is 35.4 Å². The molecule has 2 aromatic heterocycles. The van der Waals surface area contributed by atoms with Crippen LogP contribution in [-0.2, 0) is 12.3 Å². The van der Waals surface area contributed by atoms with E-state index in [0.29, 0.717) is 12.4 Å². The summed E-state index contributed by atoms with van der Waals surface area (Å²) in [6, 6.07) is -1.17. The highest BCUT2D eigenvalue weighted by atomic mass is 19.3. The maximum absolute atomic E-state index is 14.4. The van der Waals surface area contributed by atoms with E-state index in [4.69, 9.17) is 4.52 Å². The molecule has 11 heteroatoms. The molecule has 0 aromatic carbocycles. The average molecular weight is 398 g/mol. The van der Waals surface area contributed by atoms with Crippen molar-refractivity contribution in [2.24, 2.45) is 0 Å². The van der Waals surface area contributed by atoms with E-state index in [1.807, 2.05) is 0 Å². The van der Waals surface area contributed by atoms with Crippen LogP contribution in [0.3, 0.4) is 0 Å². The molecule has 28 heavy (non-hydrogen) atoms. The molecule has 7 nitrogen and oxygen atoms in total. The van der Waals surface area contributed by atoms with Crippen LogP contribution in [0.15, 0.2) is 4.52 Å². The molecule has 3 aliphatic rings. The van der Waals surface area contributed by atoms with Gasteiger partial charge in [-0.15, -0.1) is 0 Å². The Morgan fingerprint density at radius 3 is 2.68 bits per heavy atom. The number of alkyl halides is 4. The van der Waals surface area contributed by atoms with Crippen molar-refractivity contribution >= 4 is 5.95 Å². The van der Waals surface area contributed by atoms with Crippen molar-refractivity contribution in [3.63, 3.8) is 0 Å². The summed E-state index contributed by atoms with van der Waals surface area (Å²) in [6.07, 6.45) is 0.502. The summed E-state index contributed by atoms with van der Waals surface area (Å²) in [4.78, 5) is 13.8. The van der Waals surface area contributed by atoms with Crippen molar-refractivity contribution in [3.05, 3.63) is 17.1 Å². The second kappa shape index (κ2) is 5.85. The van der Waals surface area contributed by atoms with Crippen LogP contribution in [0.1, 0.15) is 42.8 Å². The van der Waals surface area contributed by atoms with Crippen LogP contribution >= 0.6 is 0 Å². The van der Waals surface area contributed by atoms with Crippen LogP contribution in [0.5, 0.6) is 0 Å². The van der Waals surface area contributed by atoms with Gasteiger partial charge in [0, 0.05) is 18.5 Å². The SMILES string of the molecule is C[C@@H]1N(c2nc(-c3noc([C@H]4CCNC4)n3)c3c(n2)C(F)(F)CC3)CC1(F)F. The van der Waals surface area contributed by atoms with Crippen LogP contribution in [-0.4, -0.2) is 51.7 Å². The lowest BCUT2D eigenvalue weighted by Crippen LogP contribution is -2.64. The molecule has 150 valence electrons. The highest BCUT2D eigenvalue weighted by Crippen LogP contribution is 2.45. The Balaban J connectivity index is 1.58. The first-order chi connectivity index (χ1) is 13.3. The van der Waals surface area contributed by atoms with Gasteiger partial charge in [0.2, 0.25) is 17.7 Å². The number of aromatic nitrogens is 4. The molecule has 5 rings (SSSR count). The van der Waals surface area contributed by atoms with Crippen LogP contribution < -0.4 is 10.2 Å². The number of anilines is 1. The Labute approximate surface area is 157 Å². The molecule has 0 radical (unpaired) electrons. The third-order valence-corrected chi connectivity index (χ3v) is 5.81. The fourth-order valence-corrected chi connectivity index (χ4v) is 3.94. The van der Waals surface area contributed by atoms with E-state index in [0.717, 1.165) is 13.0 Å². The lowest BCUT2D eigenvalue weighted by Gasteiger charge is -2.45. The first-order valence-electron chi connectivity index (χ1n) is 9.24. The topological polar surface area (TPSA) is 80.0 Å². The van der Waals surface area contributed by atoms with E-state index in [1.54, 1.807) is 0 Å². The minimum absolute atomic E-state index is 0.0612. The van der Waals surface area contributed by atoms with Crippen molar-refractivity contribution in [2.45, 2.75) is 50.0 Å². The maximum Gasteiger partial charge on any atom is 0.290 e. The van der Waals surface area contributed by atoms with Gasteiger partial charge in [0.05, 0.1) is 18.5 Å². The van der Waals surface area contributed by atoms with Crippen molar-refractivity contribution < 1.29 is 22.1 Å². The number of halogens is 4. The third kappa shape index (κ3) is 2.59. The molecule has 1 aliphatic carbocycles. The molecular formula is C17H18F4N6O. The summed E-state index contributed by atoms with van der Waals surface area (Å²) >= 11 is 0. The molecule has 2 atom stereocenters. The predicted octanol–water partition coefficient (Wildman–Crippen LogP) is 2.49. The highest BCUT2D eigenvalue weighted by Gasteiger charge is 2.54. The average Bonchev–Trinajstić information content (AvgIpc) is 3.39. The van der Waals surface area contributed by atoms with Crippen molar-refractivity contribution in [1.82, 2.24) is 25.4 Å². The number of fused-ring (bicyclic) bond motifs is 1. The molecule has 4 heterocycles. The summed E-state index contributed by atoms with van der Waals surface area (Å²) < 4.78 is 61.3. The molecule has 0 spiro atoms. The monoisotopic (exact) mass is 398 g/mol. The summed E-state index contributed by atoms with van der Waals surface area (Å²) in [5.41, 5.74) is -0.0325. The Bertz CT molecular complexity index is 926. The van der Waals surface area contributed by atoms with Gasteiger partial charge in [-0.3, -0.25) is 0 Å². The van der Waals surface area contributed by atoms with E-state index in [2.05, 4.69) is 25.4 Å². The smallest absolute Gasteiger partial charge is 0.290 e. The van der Waals surface area contributed by atoms with E-state index in [9.17, 15) is 17.6 Å². The lowest BCUT2D eigenvalue weighted by atomic mass is 10.0. The van der Waals surface area contributed by atoms with Gasteiger partial charge in [-0.05, 0) is 26.3 Å². The summed E-state index contributed by atoms with van der Waals surface area (Å²) in [5, 5.41) is 7.13. The molecule has 1 N–H and O–H groups in total. The minimum atomic E-state index is -3.14. The zero-order valence-corrected chi connectivity index (χ0v) is 15.1. The summed E-state index contributed by atoms with van der Waals surface area (Å²) in [5.74, 6) is -5.61. The van der Waals surface area contributed by atoms with Gasteiger partial charge in [0.25, 0.3) is 11.8 Å². The Hall–Kier alpha value is -2.30. The normalized spacial score (nSPS) is 27.7. The van der Waals surface area contributed by atoms with Crippen LogP contribution in [0.2, 0.25) is 0 Å². The number of nitrogens with one attached hydrogen (secondary N) is 1. The van der Waals surface area contributed by atoms with Crippen molar-refractivity contribution in [3.8, 4) is 11.5 Å². The lowest BCUT2D eigenvalue weighted by molar-refractivity contribution is -0.0650. The molecule has 2 saturated heterocycles. The molecule has 2 fully saturated rings. The molecular weight excluding hydrogens is 380 g/mol. The predicted molar refractivity (Wildman–Crippen MR) is 89.5 cm³/mol. The van der Waals surface area contributed by atoms with Crippen LogP contribution in [0.4, 0.5) is 23.5 Å². The van der Waals surface area contributed by atoms with Gasteiger partial charge >= 0.3 is 0 Å². The van der Waals surface area contributed by atoms with Gasteiger partial charge < -0.3 is 14.7 Å². The highest BCUT2D eigenvalue weighted by molar-refractivity contribution is 5.61. The maximum atomic E-state index is 14.4. The molecule has 0 unspecified atom stereocenters. The first-order valence-corrected chi connectivity index (χ1v) is 9.24. The van der Waals surface area contributed by atoms with Gasteiger partial charge in [-0.25, -0.2) is 18.7 Å². The van der Waals surface area contributed by atoms with Gasteiger partial charge in [0.15, 0.2) is 0 Å². The van der Waals surface area contributed by atoms with E-state index in [1.165, 1.54) is 11.8 Å². The Morgan fingerprint density at radius 1 is 1.18 bits per heavy atom. The number of hydrogen-bond donors (Lipinski definition) is 1. The number of nitrogens with zero attached hydrogens (tertiary/aromatic N) is 5. The quantitative estimate of drug-likeness (QED) is 0.796. The van der Waals surface area contributed by atoms with Gasteiger partial charge in [-0.2, -0.15) is 13.8 Å². The second-order valence-electron chi connectivity index (χ2n) is 7.61. The third-order valence-electron chi connectivity index (χ3n) is 5.81. The molecule has 0 amide bonds. The Morgan fingerprint density at radius 2 is 2.00 bits per heavy atom. The number of rotatable bonds is 3. The summed E-state index contributed by atoms with van der Waals surface area (Å²) in [7, 11) is 0. The van der Waals surface area contributed by atoms with Gasteiger partial charge in [-0.1, -0.05) is 5.16 Å². The fourth-order valence-electron chi connectivity index (χ4n) is 3.94. The van der Waals surface area contributed by atoms with Gasteiger partial charge in [0.1, 0.15) is 11.4 Å². The molecule has 2 aromatic rings. The molecule has 0 saturated carbocycles. The zero-order chi connectivity index (χ0) is 19.7. The van der Waals surface area contributed by atoms with E-state index >= 15 is 0 Å². The zero-order valence-electron chi connectivity index (χ0n) is 15.1. The second-order valence-corrected chi connectivity index (χ2v) is 7.61. The standard InChI is InChI=1S/C17H18F4N6O/c1-8-17(20,21)7-27(8)15-23-11(10-2-4-16(18,19)12(10)24-15)13-25-14(28-26-13)9-3-5-22-6-9/h8-9,22H,2-7H2,1H3/t8-,9-/m0/s1. The largest absolute Gasteiger partial charge is 0.339 e. The van der Waals surface area contributed by atoms with Crippen molar-refractivity contribution in [1.29, 1.82) is 0 Å². The fraction of sp³-hybridized carbons (Fsp3) is 0.647. The van der Waals surface area contributed by atoms with Crippen LogP contribution in [0, 0.1) is 0 Å². The Kier molecular flexibility index (Phi) is 3.71. The minimum Gasteiger partial charge on any atom is -0.339 e. The summed E-state index contributed by atoms with van der Waals surface area (Å²) in [6.45, 7) is 2.25. The molecule has 0 bridgehead atoms. The first kappa shape index (κ1) is 17.8. The van der Waals surface area contributed by atoms with Crippen LogP contribution in [0.25, 0.3) is 11.5 Å². The molecule has 2 aliphatic heterocycles. The van der Waals surface area contributed by atoms with E-state index < -0.39 is 36.5 Å².